The van der Waals surface area contributed by atoms with E-state index in [2.05, 4.69) is 5.32 Å². The minimum absolute atomic E-state index is 0.0713. The Morgan fingerprint density at radius 2 is 2.00 bits per heavy atom. The molecule has 3 unspecified atom stereocenters. The van der Waals surface area contributed by atoms with Gasteiger partial charge >= 0.3 is 6.09 Å². The summed E-state index contributed by atoms with van der Waals surface area (Å²) in [5, 5.41) is 2.63. The molecule has 2 saturated heterocycles. The van der Waals surface area contributed by atoms with E-state index in [9.17, 15) is 18.8 Å². The van der Waals surface area contributed by atoms with E-state index < -0.39 is 18.0 Å². The first-order valence-electron chi connectivity index (χ1n) is 8.13. The van der Waals surface area contributed by atoms with Crippen LogP contribution in [0.4, 0.5) is 20.6 Å². The zero-order valence-corrected chi connectivity index (χ0v) is 14.3. The number of hydrogen-bond acceptors (Lipinski definition) is 5. The van der Waals surface area contributed by atoms with Crippen molar-refractivity contribution in [3.05, 3.63) is 24.0 Å². The van der Waals surface area contributed by atoms with Crippen LogP contribution in [-0.4, -0.2) is 49.1 Å². The van der Waals surface area contributed by atoms with E-state index in [1.165, 1.54) is 17.9 Å². The first-order chi connectivity index (χ1) is 11.8. The van der Waals surface area contributed by atoms with E-state index in [0.29, 0.717) is 11.4 Å². The highest BCUT2D eigenvalue weighted by Crippen LogP contribution is 2.34. The standard InChI is InChI=1S/C17H20FN3O4/c1-9-16(23)10(2)20(9)15-5-4-12(6-14(15)18)21-13(7-19-11(3)22)8-25-17(21)24/h4-6,9-10,13H,7-8H2,1-3H3,(H,19,22). The fourth-order valence-electron chi connectivity index (χ4n) is 3.34. The quantitative estimate of drug-likeness (QED) is 0.890. The van der Waals surface area contributed by atoms with Gasteiger partial charge in [-0.3, -0.25) is 14.5 Å². The third kappa shape index (κ3) is 2.92. The van der Waals surface area contributed by atoms with Crippen molar-refractivity contribution < 1.29 is 23.5 Å². The number of rotatable bonds is 4. The topological polar surface area (TPSA) is 79.0 Å². The summed E-state index contributed by atoms with van der Waals surface area (Å²) < 4.78 is 19.6. The largest absolute Gasteiger partial charge is 0.447 e. The maximum absolute atomic E-state index is 14.6. The summed E-state index contributed by atoms with van der Waals surface area (Å²) >= 11 is 0. The van der Waals surface area contributed by atoms with Crippen LogP contribution >= 0.6 is 0 Å². The number of carbonyl (C=O) groups excluding carboxylic acids is 3. The molecule has 7 nitrogen and oxygen atoms in total. The Morgan fingerprint density at radius 3 is 2.60 bits per heavy atom. The maximum Gasteiger partial charge on any atom is 0.414 e. The van der Waals surface area contributed by atoms with Crippen molar-refractivity contribution in [3.8, 4) is 0 Å². The Morgan fingerprint density at radius 1 is 1.32 bits per heavy atom. The smallest absolute Gasteiger partial charge is 0.414 e. The fraction of sp³-hybridized carbons (Fsp3) is 0.471. The number of nitrogens with one attached hydrogen (secondary N) is 1. The van der Waals surface area contributed by atoms with Crippen molar-refractivity contribution in [2.75, 3.05) is 23.0 Å². The highest BCUT2D eigenvalue weighted by atomic mass is 19.1. The molecule has 0 saturated carbocycles. The van der Waals surface area contributed by atoms with E-state index in [-0.39, 0.29) is 36.9 Å². The van der Waals surface area contributed by atoms with Gasteiger partial charge in [0.2, 0.25) is 5.91 Å². The molecule has 25 heavy (non-hydrogen) atoms. The van der Waals surface area contributed by atoms with E-state index in [1.807, 2.05) is 0 Å². The SMILES string of the molecule is CC(=O)NCC1COC(=O)N1c1ccc(N2C(C)C(=O)C2C)c(F)c1. The zero-order valence-electron chi connectivity index (χ0n) is 14.3. The minimum Gasteiger partial charge on any atom is -0.447 e. The number of Topliss-reactive ketones (excluding diaryl/α,β-unsaturated/α-hetero) is 1. The number of ether oxygens (including phenoxy) is 1. The summed E-state index contributed by atoms with van der Waals surface area (Å²) in [4.78, 5) is 37.8. The van der Waals surface area contributed by atoms with Crippen molar-refractivity contribution in [2.24, 2.45) is 0 Å². The predicted octanol–water partition coefficient (Wildman–Crippen LogP) is 1.45. The summed E-state index contributed by atoms with van der Waals surface area (Å²) in [6.07, 6.45) is -0.580. The Hall–Kier alpha value is -2.64. The van der Waals surface area contributed by atoms with Gasteiger partial charge in [0.25, 0.3) is 0 Å². The van der Waals surface area contributed by atoms with Crippen LogP contribution < -0.4 is 15.1 Å². The van der Waals surface area contributed by atoms with E-state index in [4.69, 9.17) is 4.74 Å². The van der Waals surface area contributed by atoms with E-state index in [0.717, 1.165) is 0 Å². The van der Waals surface area contributed by atoms with Crippen molar-refractivity contribution >= 4 is 29.2 Å². The second kappa shape index (κ2) is 6.34. The Kier molecular flexibility index (Phi) is 4.36. The van der Waals surface area contributed by atoms with Gasteiger partial charge in [-0.05, 0) is 32.0 Å². The van der Waals surface area contributed by atoms with Crippen LogP contribution in [0.1, 0.15) is 20.8 Å². The zero-order chi connectivity index (χ0) is 18.3. The van der Waals surface area contributed by atoms with Gasteiger partial charge in [0, 0.05) is 13.5 Å². The predicted molar refractivity (Wildman–Crippen MR) is 89.1 cm³/mol. The lowest BCUT2D eigenvalue weighted by Crippen LogP contribution is -2.62. The van der Waals surface area contributed by atoms with Crippen LogP contribution in [0.3, 0.4) is 0 Å². The average Bonchev–Trinajstić information content (AvgIpc) is 2.95. The van der Waals surface area contributed by atoms with Gasteiger partial charge in [0.15, 0.2) is 5.78 Å². The monoisotopic (exact) mass is 349 g/mol. The second-order valence-electron chi connectivity index (χ2n) is 6.34. The van der Waals surface area contributed by atoms with Crippen LogP contribution in [-0.2, 0) is 14.3 Å². The molecular weight excluding hydrogens is 329 g/mol. The molecule has 1 N–H and O–H groups in total. The van der Waals surface area contributed by atoms with Gasteiger partial charge in [0.1, 0.15) is 12.4 Å². The lowest BCUT2D eigenvalue weighted by atomic mass is 9.92. The molecule has 2 fully saturated rings. The first-order valence-corrected chi connectivity index (χ1v) is 8.13. The third-order valence-corrected chi connectivity index (χ3v) is 4.69. The summed E-state index contributed by atoms with van der Waals surface area (Å²) in [7, 11) is 0. The Balaban J connectivity index is 1.83. The molecule has 3 rings (SSSR count). The van der Waals surface area contributed by atoms with Crippen LogP contribution in [0.15, 0.2) is 18.2 Å². The van der Waals surface area contributed by atoms with Gasteiger partial charge in [-0.2, -0.15) is 0 Å². The van der Waals surface area contributed by atoms with Crippen molar-refractivity contribution in [1.82, 2.24) is 5.32 Å². The molecule has 0 bridgehead atoms. The molecular formula is C17H20FN3O4. The van der Waals surface area contributed by atoms with Crippen molar-refractivity contribution in [1.29, 1.82) is 0 Å². The highest BCUT2D eigenvalue weighted by Gasteiger charge is 2.43. The number of nitrogens with zero attached hydrogens (tertiary/aromatic N) is 2. The summed E-state index contributed by atoms with van der Waals surface area (Å²) in [6, 6.07) is 3.31. The molecule has 1 aromatic carbocycles. The molecule has 2 amide bonds. The summed E-state index contributed by atoms with van der Waals surface area (Å²) in [5.74, 6) is -0.658. The second-order valence-corrected chi connectivity index (χ2v) is 6.34. The van der Waals surface area contributed by atoms with Crippen molar-refractivity contribution in [3.63, 3.8) is 0 Å². The molecule has 2 aliphatic rings. The molecule has 3 atom stereocenters. The highest BCUT2D eigenvalue weighted by molar-refractivity contribution is 6.02. The van der Waals surface area contributed by atoms with Crippen LogP contribution in [0.5, 0.6) is 0 Å². The van der Waals surface area contributed by atoms with Gasteiger partial charge in [-0.15, -0.1) is 0 Å². The third-order valence-electron chi connectivity index (χ3n) is 4.69. The van der Waals surface area contributed by atoms with Crippen molar-refractivity contribution in [2.45, 2.75) is 38.9 Å². The number of carbonyl (C=O) groups is 3. The molecule has 0 aliphatic carbocycles. The average molecular weight is 349 g/mol. The van der Waals surface area contributed by atoms with Gasteiger partial charge in [-0.1, -0.05) is 0 Å². The molecule has 134 valence electrons. The number of anilines is 2. The maximum atomic E-state index is 14.6. The lowest BCUT2D eigenvalue weighted by molar-refractivity contribution is -0.126. The molecule has 0 spiro atoms. The first kappa shape index (κ1) is 17.2. The molecule has 1 aromatic rings. The Labute approximate surface area is 144 Å². The lowest BCUT2D eigenvalue weighted by Gasteiger charge is -2.45. The van der Waals surface area contributed by atoms with Gasteiger partial charge in [-0.25, -0.2) is 9.18 Å². The molecule has 0 radical (unpaired) electrons. The number of hydrogen-bond donors (Lipinski definition) is 1. The molecule has 2 heterocycles. The van der Waals surface area contributed by atoms with Crippen LogP contribution in [0.2, 0.25) is 0 Å². The normalized spacial score (nSPS) is 25.7. The molecule has 0 aromatic heterocycles. The number of amides is 2. The Bertz CT molecular complexity index is 727. The summed E-state index contributed by atoms with van der Waals surface area (Å²) in [5.41, 5.74) is 0.681. The summed E-state index contributed by atoms with van der Waals surface area (Å²) in [6.45, 7) is 5.19. The van der Waals surface area contributed by atoms with E-state index in [1.54, 1.807) is 30.9 Å². The fourth-order valence-corrected chi connectivity index (χ4v) is 3.34. The van der Waals surface area contributed by atoms with Crippen LogP contribution in [0.25, 0.3) is 0 Å². The number of ketones is 1. The minimum atomic E-state index is -0.580. The molecule has 2 aliphatic heterocycles. The molecule has 8 heteroatoms. The number of benzene rings is 1. The van der Waals surface area contributed by atoms with Gasteiger partial charge in [0.05, 0.1) is 29.5 Å². The number of halogens is 1. The van der Waals surface area contributed by atoms with Gasteiger partial charge < -0.3 is 15.0 Å². The van der Waals surface area contributed by atoms with Crippen LogP contribution in [0, 0.1) is 5.82 Å². The number of cyclic esters (lactones) is 1. The van der Waals surface area contributed by atoms with E-state index >= 15 is 0 Å².